The van der Waals surface area contributed by atoms with Gasteiger partial charge in [-0.15, -0.1) is 0 Å². The summed E-state index contributed by atoms with van der Waals surface area (Å²) in [5, 5.41) is 13.5. The number of rotatable bonds is 6. The van der Waals surface area contributed by atoms with Gasteiger partial charge in [-0.05, 0) is 49.2 Å². The van der Waals surface area contributed by atoms with Gasteiger partial charge < -0.3 is 21.3 Å². The molecule has 1 aliphatic heterocycles. The Labute approximate surface area is 173 Å². The average Bonchev–Trinajstić information content (AvgIpc) is 3.22. The molecule has 1 saturated carbocycles. The maximum atomic E-state index is 12.9. The summed E-state index contributed by atoms with van der Waals surface area (Å²) in [5.41, 5.74) is 6.23. The van der Waals surface area contributed by atoms with E-state index in [0.717, 1.165) is 34.7 Å². The summed E-state index contributed by atoms with van der Waals surface area (Å²) in [6.45, 7) is 5.85. The van der Waals surface area contributed by atoms with Gasteiger partial charge in [-0.2, -0.15) is 0 Å². The minimum absolute atomic E-state index is 0.0211. The maximum absolute atomic E-state index is 12.9. The molecule has 0 aromatic heterocycles. The van der Waals surface area contributed by atoms with Gasteiger partial charge in [0.2, 0.25) is 0 Å². The predicted molar refractivity (Wildman–Crippen MR) is 120 cm³/mol. The summed E-state index contributed by atoms with van der Waals surface area (Å²) in [7, 11) is 1.89. The predicted octanol–water partition coefficient (Wildman–Crippen LogP) is 4.37. The van der Waals surface area contributed by atoms with Gasteiger partial charge in [0.15, 0.2) is 0 Å². The van der Waals surface area contributed by atoms with Crippen LogP contribution in [0.15, 0.2) is 36.4 Å². The van der Waals surface area contributed by atoms with Gasteiger partial charge in [0, 0.05) is 35.8 Å². The molecule has 5 nitrogen and oxygen atoms in total. The number of hydrogen-bond acceptors (Lipinski definition) is 4. The molecular formula is C24H32N4O. The lowest BCUT2D eigenvalue weighted by Gasteiger charge is -2.37. The number of carbonyl (C=O) groups excluding carboxylic acids is 1. The molecule has 2 aromatic rings. The van der Waals surface area contributed by atoms with E-state index < -0.39 is 0 Å². The van der Waals surface area contributed by atoms with Crippen molar-refractivity contribution in [2.45, 2.75) is 51.0 Å². The number of carbonyl (C=O) groups is 1. The first kappa shape index (κ1) is 19.8. The van der Waals surface area contributed by atoms with Crippen LogP contribution in [0.1, 0.15) is 61.0 Å². The van der Waals surface area contributed by atoms with E-state index >= 15 is 0 Å². The maximum Gasteiger partial charge on any atom is 0.251 e. The van der Waals surface area contributed by atoms with E-state index in [1.807, 2.05) is 13.1 Å². The molecule has 154 valence electrons. The lowest BCUT2D eigenvalue weighted by molar-refractivity contribution is 0.0954. The number of benzene rings is 2. The minimum atomic E-state index is -0.190. The van der Waals surface area contributed by atoms with E-state index in [4.69, 9.17) is 0 Å². The summed E-state index contributed by atoms with van der Waals surface area (Å²) in [4.78, 5) is 12.9. The van der Waals surface area contributed by atoms with Crippen molar-refractivity contribution >= 4 is 23.0 Å². The van der Waals surface area contributed by atoms with Crippen molar-refractivity contribution in [2.75, 3.05) is 30.8 Å². The number of fused-ring (bicyclic) bond motifs is 2. The van der Waals surface area contributed by atoms with E-state index in [1.54, 1.807) is 0 Å². The van der Waals surface area contributed by atoms with Crippen LogP contribution in [0.2, 0.25) is 0 Å². The Morgan fingerprint density at radius 2 is 1.86 bits per heavy atom. The Bertz CT molecular complexity index is 900. The van der Waals surface area contributed by atoms with E-state index in [9.17, 15) is 4.79 Å². The molecule has 2 aliphatic rings. The van der Waals surface area contributed by atoms with E-state index in [-0.39, 0.29) is 11.3 Å². The zero-order chi connectivity index (χ0) is 20.4. The first-order valence-corrected chi connectivity index (χ1v) is 10.7. The molecular weight excluding hydrogens is 360 g/mol. The Morgan fingerprint density at radius 1 is 1.10 bits per heavy atom. The summed E-state index contributed by atoms with van der Waals surface area (Å²) in [5.74, 6) is -0.0211. The van der Waals surface area contributed by atoms with Crippen LogP contribution in [0.3, 0.4) is 0 Å². The van der Waals surface area contributed by atoms with Crippen LogP contribution in [0, 0.1) is 0 Å². The van der Waals surface area contributed by atoms with E-state index in [0.29, 0.717) is 12.6 Å². The number of para-hydroxylation sites is 1. The number of likely N-dealkylation sites (N-methyl/N-ethyl adjacent to an activating group) is 1. The van der Waals surface area contributed by atoms with Crippen LogP contribution >= 0.6 is 0 Å². The van der Waals surface area contributed by atoms with Crippen LogP contribution in [-0.2, 0) is 5.41 Å². The van der Waals surface area contributed by atoms with Crippen molar-refractivity contribution in [2.24, 2.45) is 0 Å². The fraction of sp³-hybridized carbons (Fsp3) is 0.458. The molecule has 1 aliphatic carbocycles. The summed E-state index contributed by atoms with van der Waals surface area (Å²) in [6, 6.07) is 13.0. The third-order valence-corrected chi connectivity index (χ3v) is 6.31. The van der Waals surface area contributed by atoms with Gasteiger partial charge in [0.1, 0.15) is 0 Å². The summed E-state index contributed by atoms with van der Waals surface area (Å²) in [6.07, 6.45) is 4.91. The smallest absolute Gasteiger partial charge is 0.251 e. The molecule has 1 heterocycles. The first-order valence-electron chi connectivity index (χ1n) is 10.7. The summed E-state index contributed by atoms with van der Waals surface area (Å²) < 4.78 is 0. The summed E-state index contributed by atoms with van der Waals surface area (Å²) >= 11 is 0. The van der Waals surface area contributed by atoms with Crippen molar-refractivity contribution in [1.29, 1.82) is 0 Å². The Kier molecular flexibility index (Phi) is 5.50. The van der Waals surface area contributed by atoms with Crippen LogP contribution in [-0.4, -0.2) is 32.1 Å². The van der Waals surface area contributed by atoms with Crippen molar-refractivity contribution in [3.63, 3.8) is 0 Å². The SMILES string of the molecule is CNCCNC(=O)c1cc(NC2CCCC2)c2c(c1)C(C)(C)c1ccccc1N2. The molecule has 4 N–H and O–H groups in total. The second-order valence-corrected chi connectivity index (χ2v) is 8.73. The lowest BCUT2D eigenvalue weighted by atomic mass is 9.73. The standard InChI is InChI=1S/C24H32N4O/c1-24(2)18-10-6-7-11-20(18)28-22-19(24)14-16(23(29)26-13-12-25-3)15-21(22)27-17-8-4-5-9-17/h6-7,10-11,14-15,17,25,27-28H,4-5,8-9,12-13H2,1-3H3,(H,26,29). The van der Waals surface area contributed by atoms with Crippen LogP contribution in [0.4, 0.5) is 17.1 Å². The number of anilines is 3. The number of amides is 1. The molecule has 1 amide bonds. The molecule has 1 fully saturated rings. The van der Waals surface area contributed by atoms with Crippen molar-refractivity contribution in [3.05, 3.63) is 53.1 Å². The highest BCUT2D eigenvalue weighted by Crippen LogP contribution is 2.48. The van der Waals surface area contributed by atoms with Crippen molar-refractivity contribution in [1.82, 2.24) is 10.6 Å². The topological polar surface area (TPSA) is 65.2 Å². The lowest BCUT2D eigenvalue weighted by Crippen LogP contribution is -2.32. The zero-order valence-electron chi connectivity index (χ0n) is 17.7. The van der Waals surface area contributed by atoms with Crippen molar-refractivity contribution in [3.8, 4) is 0 Å². The van der Waals surface area contributed by atoms with Gasteiger partial charge >= 0.3 is 0 Å². The van der Waals surface area contributed by atoms with E-state index in [1.165, 1.54) is 31.2 Å². The second-order valence-electron chi connectivity index (χ2n) is 8.73. The highest BCUT2D eigenvalue weighted by Gasteiger charge is 2.35. The van der Waals surface area contributed by atoms with E-state index in [2.05, 4.69) is 65.4 Å². The quantitative estimate of drug-likeness (QED) is 0.551. The molecule has 4 rings (SSSR count). The van der Waals surface area contributed by atoms with Crippen molar-refractivity contribution < 1.29 is 4.79 Å². The van der Waals surface area contributed by atoms with Crippen LogP contribution in [0.5, 0.6) is 0 Å². The number of hydrogen-bond donors (Lipinski definition) is 4. The third-order valence-electron chi connectivity index (χ3n) is 6.31. The van der Waals surface area contributed by atoms with Gasteiger partial charge in [0.25, 0.3) is 5.91 Å². The molecule has 0 atom stereocenters. The van der Waals surface area contributed by atoms with Gasteiger partial charge in [0.05, 0.1) is 11.4 Å². The molecule has 29 heavy (non-hydrogen) atoms. The monoisotopic (exact) mass is 392 g/mol. The molecule has 2 aromatic carbocycles. The Hall–Kier alpha value is -2.53. The molecule has 0 bridgehead atoms. The Morgan fingerprint density at radius 3 is 2.62 bits per heavy atom. The molecule has 0 spiro atoms. The Balaban J connectivity index is 1.76. The fourth-order valence-corrected chi connectivity index (χ4v) is 4.62. The van der Waals surface area contributed by atoms with Gasteiger partial charge in [-0.1, -0.05) is 44.9 Å². The first-order chi connectivity index (χ1) is 14.0. The van der Waals surface area contributed by atoms with Crippen LogP contribution < -0.4 is 21.3 Å². The molecule has 5 heteroatoms. The normalized spacial score (nSPS) is 17.2. The third kappa shape index (κ3) is 3.84. The largest absolute Gasteiger partial charge is 0.381 e. The molecule has 0 saturated heterocycles. The van der Waals surface area contributed by atoms with Gasteiger partial charge in [-0.3, -0.25) is 4.79 Å². The molecule has 0 unspecified atom stereocenters. The second kappa shape index (κ2) is 8.07. The number of nitrogens with one attached hydrogen (secondary N) is 4. The van der Waals surface area contributed by atoms with Gasteiger partial charge in [-0.25, -0.2) is 0 Å². The fourth-order valence-electron chi connectivity index (χ4n) is 4.62. The zero-order valence-corrected chi connectivity index (χ0v) is 17.7. The average molecular weight is 393 g/mol. The molecule has 0 radical (unpaired) electrons. The highest BCUT2D eigenvalue weighted by atomic mass is 16.1. The van der Waals surface area contributed by atoms with Crippen LogP contribution in [0.25, 0.3) is 0 Å². The highest BCUT2D eigenvalue weighted by molar-refractivity contribution is 5.98. The minimum Gasteiger partial charge on any atom is -0.381 e.